The number of hydrogen-bond acceptors (Lipinski definition) is 4. The van der Waals surface area contributed by atoms with E-state index in [-0.39, 0.29) is 11.1 Å². The second-order valence-corrected chi connectivity index (χ2v) is 6.42. The van der Waals surface area contributed by atoms with E-state index in [1.165, 1.54) is 14.2 Å². The number of methoxy groups -OCH3 is 2. The molecule has 1 heterocycles. The lowest BCUT2D eigenvalue weighted by Crippen LogP contribution is -2.25. The van der Waals surface area contributed by atoms with Crippen molar-refractivity contribution in [2.75, 3.05) is 27.3 Å². The molecule has 1 aliphatic rings. The van der Waals surface area contributed by atoms with E-state index in [0.29, 0.717) is 11.5 Å². The summed E-state index contributed by atoms with van der Waals surface area (Å²) in [7, 11) is 0.480. The van der Waals surface area contributed by atoms with Crippen LogP contribution in [0.15, 0.2) is 18.2 Å². The van der Waals surface area contributed by atoms with Gasteiger partial charge < -0.3 is 14.0 Å². The van der Waals surface area contributed by atoms with Gasteiger partial charge in [0.15, 0.2) is 0 Å². The molecule has 1 aromatic rings. The summed E-state index contributed by atoms with van der Waals surface area (Å²) in [5, 5.41) is 0. The van der Waals surface area contributed by atoms with E-state index in [9.17, 15) is 9.36 Å². The maximum absolute atomic E-state index is 12.5. The summed E-state index contributed by atoms with van der Waals surface area (Å²) >= 11 is 0. The molecular weight excluding hydrogens is 277 g/mol. The second-order valence-electron chi connectivity index (χ2n) is 4.72. The van der Waals surface area contributed by atoms with Crippen molar-refractivity contribution in [2.24, 2.45) is 0 Å². The minimum absolute atomic E-state index is 0.284. The molecule has 0 bridgehead atoms. The van der Waals surface area contributed by atoms with E-state index in [4.69, 9.17) is 9.47 Å². The van der Waals surface area contributed by atoms with Gasteiger partial charge in [0.2, 0.25) is 13.5 Å². The highest BCUT2D eigenvalue weighted by molar-refractivity contribution is 7.62. The Hall–Kier alpha value is -1.32. The molecule has 5 nitrogen and oxygen atoms in total. The van der Waals surface area contributed by atoms with Crippen LogP contribution >= 0.6 is 7.95 Å². The highest BCUT2D eigenvalue weighted by atomic mass is 31.1. The number of ether oxygens (including phenoxy) is 2. The molecule has 1 atom stereocenters. The van der Waals surface area contributed by atoms with E-state index < -0.39 is 7.95 Å². The molecular formula is C14H20NO4P. The summed E-state index contributed by atoms with van der Waals surface area (Å²) in [5.74, 6) is 0.814. The summed E-state index contributed by atoms with van der Waals surface area (Å²) in [5.41, 5.74) is -0.0989. The van der Waals surface area contributed by atoms with E-state index in [2.05, 4.69) is 0 Å². The molecule has 6 heteroatoms. The van der Waals surface area contributed by atoms with Crippen LogP contribution in [0, 0.1) is 0 Å². The average molecular weight is 297 g/mol. The zero-order valence-corrected chi connectivity index (χ0v) is 12.8. The third-order valence-corrected chi connectivity index (χ3v) is 5.15. The van der Waals surface area contributed by atoms with Crippen LogP contribution in [0.3, 0.4) is 0 Å². The predicted octanol–water partition coefficient (Wildman–Crippen LogP) is 2.80. The molecule has 1 aliphatic heterocycles. The molecule has 0 aromatic heterocycles. The number of carbonyl (C=O) groups is 1. The second kappa shape index (κ2) is 6.91. The van der Waals surface area contributed by atoms with Gasteiger partial charge in [-0.15, -0.1) is 0 Å². The summed E-state index contributed by atoms with van der Waals surface area (Å²) < 4.78 is 24.7. The first kappa shape index (κ1) is 15.1. The molecule has 0 aliphatic carbocycles. The van der Waals surface area contributed by atoms with Crippen molar-refractivity contribution in [2.45, 2.75) is 19.3 Å². The van der Waals surface area contributed by atoms with Crippen molar-refractivity contribution in [3.8, 4) is 11.5 Å². The van der Waals surface area contributed by atoms with Gasteiger partial charge in [0, 0.05) is 13.1 Å². The maximum Gasteiger partial charge on any atom is 0.240 e. The van der Waals surface area contributed by atoms with Crippen molar-refractivity contribution in [1.82, 2.24) is 4.67 Å². The van der Waals surface area contributed by atoms with Crippen LogP contribution in [0.2, 0.25) is 0 Å². The molecule has 110 valence electrons. The fourth-order valence-corrected chi connectivity index (χ4v) is 3.89. The van der Waals surface area contributed by atoms with Crippen molar-refractivity contribution in [1.29, 1.82) is 0 Å². The minimum Gasteiger partial charge on any atom is -0.496 e. The summed E-state index contributed by atoms with van der Waals surface area (Å²) in [6.45, 7) is 1.45. The first-order chi connectivity index (χ1) is 9.69. The Morgan fingerprint density at radius 3 is 2.15 bits per heavy atom. The molecule has 0 spiro atoms. The SMILES string of the molecule is COc1cccc(OC)c1C(=O)[PH](=O)N1CCCCC1. The van der Waals surface area contributed by atoms with E-state index in [1.807, 2.05) is 0 Å². The smallest absolute Gasteiger partial charge is 0.240 e. The van der Waals surface area contributed by atoms with Crippen LogP contribution in [0.4, 0.5) is 0 Å². The van der Waals surface area contributed by atoms with Crippen molar-refractivity contribution in [3.63, 3.8) is 0 Å². The summed E-state index contributed by atoms with van der Waals surface area (Å²) in [6.07, 6.45) is 3.12. The molecule has 20 heavy (non-hydrogen) atoms. The quantitative estimate of drug-likeness (QED) is 0.782. The fraction of sp³-hybridized carbons (Fsp3) is 0.500. The van der Waals surface area contributed by atoms with Gasteiger partial charge in [-0.2, -0.15) is 0 Å². The van der Waals surface area contributed by atoms with Gasteiger partial charge in [0.1, 0.15) is 17.1 Å². The number of piperidine rings is 1. The van der Waals surface area contributed by atoms with Crippen LogP contribution < -0.4 is 9.47 Å². The van der Waals surface area contributed by atoms with Crippen LogP contribution in [0.1, 0.15) is 29.6 Å². The lowest BCUT2D eigenvalue weighted by atomic mass is 10.2. The van der Waals surface area contributed by atoms with Gasteiger partial charge in [-0.05, 0) is 25.0 Å². The number of hydrogen-bond donors (Lipinski definition) is 0. The Morgan fingerprint density at radius 1 is 1.10 bits per heavy atom. The Kier molecular flexibility index (Phi) is 5.21. The Morgan fingerprint density at radius 2 is 1.65 bits per heavy atom. The largest absolute Gasteiger partial charge is 0.496 e. The first-order valence-electron chi connectivity index (χ1n) is 6.73. The van der Waals surface area contributed by atoms with E-state index in [1.54, 1.807) is 22.9 Å². The van der Waals surface area contributed by atoms with Crippen LogP contribution in [0.5, 0.6) is 11.5 Å². The lowest BCUT2D eigenvalue weighted by molar-refractivity contribution is 0.106. The average Bonchev–Trinajstić information content (AvgIpc) is 2.53. The monoisotopic (exact) mass is 297 g/mol. The molecule has 0 saturated carbocycles. The molecule has 0 radical (unpaired) electrons. The molecule has 1 saturated heterocycles. The standard InChI is InChI=1S/C14H20NO4P/c1-18-11-7-6-8-12(19-2)13(11)14(16)20(17)15-9-4-3-5-10-15/h6-8,20H,3-5,9-10H2,1-2H3. The van der Waals surface area contributed by atoms with Gasteiger partial charge in [-0.25, -0.2) is 4.67 Å². The third kappa shape index (κ3) is 3.05. The Labute approximate surface area is 119 Å². The summed E-state index contributed by atoms with van der Waals surface area (Å²) in [4.78, 5) is 12.5. The van der Waals surface area contributed by atoms with E-state index in [0.717, 1.165) is 32.4 Å². The number of benzene rings is 1. The first-order valence-corrected chi connectivity index (χ1v) is 8.09. The molecule has 1 fully saturated rings. The Bertz CT molecular complexity index is 490. The van der Waals surface area contributed by atoms with Gasteiger partial charge in [0.05, 0.1) is 14.2 Å². The van der Waals surface area contributed by atoms with Gasteiger partial charge in [-0.3, -0.25) is 4.79 Å². The third-order valence-electron chi connectivity index (χ3n) is 3.49. The topological polar surface area (TPSA) is 55.8 Å². The van der Waals surface area contributed by atoms with Crippen LogP contribution in [-0.2, 0) is 4.57 Å². The highest BCUT2D eigenvalue weighted by Gasteiger charge is 2.28. The molecule has 1 unspecified atom stereocenters. The predicted molar refractivity (Wildman–Crippen MR) is 78.3 cm³/mol. The minimum atomic E-state index is -2.50. The zero-order chi connectivity index (χ0) is 14.5. The normalized spacial score (nSPS) is 17.5. The van der Waals surface area contributed by atoms with Crippen molar-refractivity contribution < 1.29 is 18.8 Å². The maximum atomic E-state index is 12.5. The van der Waals surface area contributed by atoms with Crippen molar-refractivity contribution >= 4 is 13.5 Å². The van der Waals surface area contributed by atoms with Crippen LogP contribution in [-0.4, -0.2) is 37.5 Å². The lowest BCUT2D eigenvalue weighted by Gasteiger charge is -2.25. The number of nitrogens with zero attached hydrogens (tertiary/aromatic N) is 1. The number of rotatable bonds is 5. The van der Waals surface area contributed by atoms with Gasteiger partial charge in [0.25, 0.3) is 0 Å². The molecule has 2 rings (SSSR count). The number of carbonyl (C=O) groups excluding carboxylic acids is 1. The molecule has 0 amide bonds. The fourth-order valence-electron chi connectivity index (χ4n) is 2.42. The zero-order valence-electron chi connectivity index (χ0n) is 11.8. The Balaban J connectivity index is 2.30. The molecule has 1 aromatic carbocycles. The van der Waals surface area contributed by atoms with E-state index >= 15 is 0 Å². The summed E-state index contributed by atoms with van der Waals surface area (Å²) in [6, 6.07) is 5.11. The van der Waals surface area contributed by atoms with Gasteiger partial charge >= 0.3 is 0 Å². The van der Waals surface area contributed by atoms with Crippen molar-refractivity contribution in [3.05, 3.63) is 23.8 Å². The van der Waals surface area contributed by atoms with Crippen LogP contribution in [0.25, 0.3) is 0 Å². The highest BCUT2D eigenvalue weighted by Crippen LogP contribution is 2.40. The molecule has 0 N–H and O–H groups in total. The van der Waals surface area contributed by atoms with Gasteiger partial charge in [-0.1, -0.05) is 12.5 Å².